The molecular formula is C11H25N3O2Si. The van der Waals surface area contributed by atoms with Crippen LogP contribution in [0.2, 0.25) is 18.1 Å². The molecule has 0 heterocycles. The SMILES string of the molecule is C[C@@H](CO)[C@H](CN=[N+]=[N-])O[Si](C)(C)C(C)(C)C. The normalized spacial score (nSPS) is 16.2. The van der Waals surface area contributed by atoms with E-state index in [4.69, 9.17) is 9.96 Å². The molecule has 0 unspecified atom stereocenters. The van der Waals surface area contributed by atoms with E-state index in [1.54, 1.807) is 0 Å². The van der Waals surface area contributed by atoms with Crippen molar-refractivity contribution >= 4 is 8.32 Å². The molecule has 0 saturated carbocycles. The van der Waals surface area contributed by atoms with Crippen LogP contribution in [0.3, 0.4) is 0 Å². The molecule has 0 aromatic rings. The van der Waals surface area contributed by atoms with E-state index < -0.39 is 8.32 Å². The molecular weight excluding hydrogens is 234 g/mol. The summed E-state index contributed by atoms with van der Waals surface area (Å²) >= 11 is 0. The van der Waals surface area contributed by atoms with Gasteiger partial charge < -0.3 is 9.53 Å². The minimum absolute atomic E-state index is 0.0189. The summed E-state index contributed by atoms with van der Waals surface area (Å²) in [5.74, 6) is -0.0189. The highest BCUT2D eigenvalue weighted by atomic mass is 28.4. The number of hydrogen-bond donors (Lipinski definition) is 1. The molecule has 0 fully saturated rings. The van der Waals surface area contributed by atoms with E-state index in [9.17, 15) is 5.11 Å². The average molecular weight is 259 g/mol. The molecule has 5 nitrogen and oxygen atoms in total. The van der Waals surface area contributed by atoms with E-state index in [1.807, 2.05) is 6.92 Å². The molecule has 0 aromatic heterocycles. The topological polar surface area (TPSA) is 78.2 Å². The fourth-order valence-corrected chi connectivity index (χ4v) is 2.54. The molecule has 0 aliphatic carbocycles. The van der Waals surface area contributed by atoms with Gasteiger partial charge in [0.05, 0.1) is 12.6 Å². The van der Waals surface area contributed by atoms with E-state index in [0.29, 0.717) is 0 Å². The third-order valence-corrected chi connectivity index (χ3v) is 8.00. The Hall–Kier alpha value is -0.553. The fraction of sp³-hybridized carbons (Fsp3) is 1.00. The Kier molecular flexibility index (Phi) is 6.19. The van der Waals surface area contributed by atoms with Crippen LogP contribution in [0, 0.1) is 5.92 Å². The smallest absolute Gasteiger partial charge is 0.192 e. The Morgan fingerprint density at radius 3 is 2.29 bits per heavy atom. The maximum Gasteiger partial charge on any atom is 0.192 e. The van der Waals surface area contributed by atoms with Crippen molar-refractivity contribution in [1.29, 1.82) is 0 Å². The van der Waals surface area contributed by atoms with Crippen LogP contribution in [0.4, 0.5) is 0 Å². The Morgan fingerprint density at radius 1 is 1.41 bits per heavy atom. The lowest BCUT2D eigenvalue weighted by molar-refractivity contribution is 0.0910. The van der Waals surface area contributed by atoms with Gasteiger partial charge in [-0.2, -0.15) is 0 Å². The number of aliphatic hydroxyl groups excluding tert-OH is 1. The van der Waals surface area contributed by atoms with E-state index >= 15 is 0 Å². The average Bonchev–Trinajstić information content (AvgIpc) is 2.21. The van der Waals surface area contributed by atoms with E-state index in [0.717, 1.165) is 0 Å². The van der Waals surface area contributed by atoms with Crippen molar-refractivity contribution in [2.45, 2.75) is 51.9 Å². The predicted molar refractivity (Wildman–Crippen MR) is 72.3 cm³/mol. The lowest BCUT2D eigenvalue weighted by atomic mass is 10.1. The van der Waals surface area contributed by atoms with Crippen LogP contribution in [0.5, 0.6) is 0 Å². The van der Waals surface area contributed by atoms with Gasteiger partial charge in [-0.25, -0.2) is 0 Å². The first-order valence-corrected chi connectivity index (χ1v) is 8.86. The largest absolute Gasteiger partial charge is 0.413 e. The van der Waals surface area contributed by atoms with Gasteiger partial charge in [0.2, 0.25) is 0 Å². The van der Waals surface area contributed by atoms with Crippen molar-refractivity contribution < 1.29 is 9.53 Å². The van der Waals surface area contributed by atoms with Crippen LogP contribution in [0.25, 0.3) is 10.4 Å². The molecule has 100 valence electrons. The molecule has 0 aromatic carbocycles. The van der Waals surface area contributed by atoms with Crippen molar-refractivity contribution in [3.8, 4) is 0 Å². The van der Waals surface area contributed by atoms with Gasteiger partial charge >= 0.3 is 0 Å². The van der Waals surface area contributed by atoms with Crippen molar-refractivity contribution in [3.05, 3.63) is 10.4 Å². The summed E-state index contributed by atoms with van der Waals surface area (Å²) < 4.78 is 6.17. The Morgan fingerprint density at radius 2 is 1.94 bits per heavy atom. The second-order valence-corrected chi connectivity index (χ2v) is 10.7. The minimum atomic E-state index is -1.89. The van der Waals surface area contributed by atoms with Crippen molar-refractivity contribution in [2.24, 2.45) is 11.0 Å². The molecule has 0 amide bonds. The highest BCUT2D eigenvalue weighted by Crippen LogP contribution is 2.38. The number of nitrogens with zero attached hydrogens (tertiary/aromatic N) is 3. The zero-order valence-corrected chi connectivity index (χ0v) is 12.8. The number of hydrogen-bond acceptors (Lipinski definition) is 3. The summed E-state index contributed by atoms with van der Waals surface area (Å²) in [6.45, 7) is 13.0. The number of azide groups is 1. The molecule has 0 rings (SSSR count). The van der Waals surface area contributed by atoms with Crippen LogP contribution >= 0.6 is 0 Å². The summed E-state index contributed by atoms with van der Waals surface area (Å²) in [7, 11) is -1.89. The zero-order chi connectivity index (χ0) is 13.7. The van der Waals surface area contributed by atoms with Gasteiger partial charge in [0.1, 0.15) is 0 Å². The monoisotopic (exact) mass is 259 g/mol. The second kappa shape index (κ2) is 6.40. The van der Waals surface area contributed by atoms with Gasteiger partial charge in [0.15, 0.2) is 8.32 Å². The summed E-state index contributed by atoms with van der Waals surface area (Å²) in [5, 5.41) is 12.9. The van der Waals surface area contributed by atoms with Crippen LogP contribution in [-0.2, 0) is 4.43 Å². The quantitative estimate of drug-likeness (QED) is 0.344. The lowest BCUT2D eigenvalue weighted by Gasteiger charge is -2.40. The summed E-state index contributed by atoms with van der Waals surface area (Å²) in [6.07, 6.45) is -0.197. The molecule has 0 radical (unpaired) electrons. The van der Waals surface area contributed by atoms with Gasteiger partial charge in [-0.1, -0.05) is 32.8 Å². The third-order valence-electron chi connectivity index (χ3n) is 3.50. The van der Waals surface area contributed by atoms with Gasteiger partial charge in [-0.05, 0) is 23.7 Å². The third kappa shape index (κ3) is 5.08. The highest BCUT2D eigenvalue weighted by Gasteiger charge is 2.39. The maximum absolute atomic E-state index is 9.20. The summed E-state index contributed by atoms with van der Waals surface area (Å²) in [6, 6.07) is 0. The van der Waals surface area contributed by atoms with Crippen molar-refractivity contribution in [3.63, 3.8) is 0 Å². The Labute approximate surface area is 105 Å². The molecule has 17 heavy (non-hydrogen) atoms. The van der Waals surface area contributed by atoms with Crippen LogP contribution < -0.4 is 0 Å². The summed E-state index contributed by atoms with van der Waals surface area (Å²) in [4.78, 5) is 2.76. The van der Waals surface area contributed by atoms with Gasteiger partial charge in [-0.3, -0.25) is 0 Å². The maximum atomic E-state index is 9.20. The Balaban J connectivity index is 4.79. The molecule has 0 aliphatic rings. The first kappa shape index (κ1) is 16.4. The van der Waals surface area contributed by atoms with Crippen molar-refractivity contribution in [1.82, 2.24) is 0 Å². The lowest BCUT2D eigenvalue weighted by Crippen LogP contribution is -2.46. The first-order valence-electron chi connectivity index (χ1n) is 5.95. The number of rotatable bonds is 6. The van der Waals surface area contributed by atoms with Crippen LogP contribution in [0.1, 0.15) is 27.7 Å². The molecule has 1 N–H and O–H groups in total. The van der Waals surface area contributed by atoms with Crippen molar-refractivity contribution in [2.75, 3.05) is 13.2 Å². The molecule has 0 spiro atoms. The second-order valence-electron chi connectivity index (χ2n) is 5.99. The molecule has 0 aliphatic heterocycles. The van der Waals surface area contributed by atoms with E-state index in [2.05, 4.69) is 43.9 Å². The van der Waals surface area contributed by atoms with Crippen LogP contribution in [-0.4, -0.2) is 32.7 Å². The molecule has 6 heteroatoms. The fourth-order valence-electron chi connectivity index (χ4n) is 1.12. The Bertz CT molecular complexity index is 283. The van der Waals surface area contributed by atoms with Gasteiger partial charge in [0.25, 0.3) is 0 Å². The van der Waals surface area contributed by atoms with Gasteiger partial charge in [-0.15, -0.1) is 0 Å². The minimum Gasteiger partial charge on any atom is -0.413 e. The predicted octanol–water partition coefficient (Wildman–Crippen LogP) is 3.32. The molecule has 2 atom stereocenters. The zero-order valence-electron chi connectivity index (χ0n) is 11.8. The summed E-state index contributed by atoms with van der Waals surface area (Å²) in [5.41, 5.74) is 8.38. The number of aliphatic hydroxyl groups is 1. The van der Waals surface area contributed by atoms with Crippen LogP contribution in [0.15, 0.2) is 5.11 Å². The standard InChI is InChI=1S/C11H25N3O2Si/c1-9(8-15)10(7-13-14-12)16-17(5,6)11(2,3)4/h9-10,15H,7-8H2,1-6H3/t9-,10-/m0/s1. The molecule has 0 bridgehead atoms. The van der Waals surface area contributed by atoms with Gasteiger partial charge in [0, 0.05) is 17.4 Å². The van der Waals surface area contributed by atoms with E-state index in [-0.39, 0.29) is 30.2 Å². The molecule has 0 saturated heterocycles. The van der Waals surface area contributed by atoms with E-state index in [1.165, 1.54) is 0 Å². The highest BCUT2D eigenvalue weighted by molar-refractivity contribution is 6.74. The first-order chi connectivity index (χ1) is 7.65.